The van der Waals surface area contributed by atoms with Gasteiger partial charge in [-0.3, -0.25) is 0 Å². The molecule has 0 unspecified atom stereocenters. The van der Waals surface area contributed by atoms with E-state index in [9.17, 15) is 9.18 Å². The molecule has 1 aliphatic heterocycles. The zero-order valence-corrected chi connectivity index (χ0v) is 14.8. The third kappa shape index (κ3) is 4.17. The summed E-state index contributed by atoms with van der Waals surface area (Å²) in [6.07, 6.45) is 3.66. The molecule has 0 radical (unpaired) electrons. The van der Waals surface area contributed by atoms with Crippen molar-refractivity contribution in [1.82, 2.24) is 0 Å². The van der Waals surface area contributed by atoms with Crippen molar-refractivity contribution >= 4 is 17.9 Å². The number of hydrogen-bond donors (Lipinski definition) is 0. The normalized spacial score (nSPS) is 15.1. The molecular formula is C21H20FNO3. The highest BCUT2D eigenvalue weighted by Crippen LogP contribution is 2.25. The second-order valence-electron chi connectivity index (χ2n) is 5.98. The zero-order chi connectivity index (χ0) is 18.5. The molecule has 0 aliphatic carbocycles. The Balaban J connectivity index is 1.77. The fourth-order valence-electron chi connectivity index (χ4n) is 2.73. The molecular weight excluding hydrogens is 333 g/mol. The number of hydrogen-bond acceptors (Lipinski definition) is 4. The monoisotopic (exact) mass is 353 g/mol. The number of methoxy groups -OCH3 is 1. The number of aryl methyl sites for hydroxylation is 2. The van der Waals surface area contributed by atoms with Crippen LogP contribution in [-0.4, -0.2) is 19.0 Å². The van der Waals surface area contributed by atoms with Crippen molar-refractivity contribution in [3.8, 4) is 5.75 Å². The third-order valence-corrected chi connectivity index (χ3v) is 4.20. The molecule has 0 N–H and O–H groups in total. The number of aliphatic imine (C=N–C) groups is 1. The summed E-state index contributed by atoms with van der Waals surface area (Å²) < 4.78 is 23.5. The van der Waals surface area contributed by atoms with Gasteiger partial charge in [-0.25, -0.2) is 14.2 Å². The lowest BCUT2D eigenvalue weighted by Gasteiger charge is -2.06. The summed E-state index contributed by atoms with van der Waals surface area (Å²) in [6, 6.07) is 12.1. The quantitative estimate of drug-likeness (QED) is 0.574. The third-order valence-electron chi connectivity index (χ3n) is 4.20. The molecule has 26 heavy (non-hydrogen) atoms. The van der Waals surface area contributed by atoms with Gasteiger partial charge in [0.25, 0.3) is 0 Å². The van der Waals surface area contributed by atoms with Crippen LogP contribution in [0.4, 0.5) is 4.39 Å². The average Bonchev–Trinajstić information content (AvgIpc) is 3.00. The number of carbonyl (C=O) groups excluding carboxylic acids is 1. The van der Waals surface area contributed by atoms with E-state index in [1.54, 1.807) is 25.3 Å². The van der Waals surface area contributed by atoms with Gasteiger partial charge in [-0.15, -0.1) is 0 Å². The molecule has 2 aromatic rings. The van der Waals surface area contributed by atoms with E-state index in [2.05, 4.69) is 11.9 Å². The molecule has 5 heteroatoms. The van der Waals surface area contributed by atoms with Crippen LogP contribution >= 0.6 is 0 Å². The molecule has 1 heterocycles. The van der Waals surface area contributed by atoms with Gasteiger partial charge in [-0.2, -0.15) is 0 Å². The van der Waals surface area contributed by atoms with E-state index in [0.717, 1.165) is 23.1 Å². The molecule has 2 aromatic carbocycles. The van der Waals surface area contributed by atoms with Crippen LogP contribution in [0.1, 0.15) is 30.0 Å². The average molecular weight is 353 g/mol. The Morgan fingerprint density at radius 3 is 2.54 bits per heavy atom. The SMILES string of the molecule is CCc1ccc(OC)c(/C=C2/N=C(CCc3ccc(F)cc3)OC2=O)c1. The summed E-state index contributed by atoms with van der Waals surface area (Å²) in [7, 11) is 1.59. The standard InChI is InChI=1S/C21H20FNO3/c1-3-14-6-10-19(25-2)16(12-14)13-18-21(24)26-20(23-18)11-7-15-4-8-17(22)9-5-15/h4-6,8-10,12-13H,3,7,11H2,1-2H3/b18-13+. The summed E-state index contributed by atoms with van der Waals surface area (Å²) in [6.45, 7) is 2.06. The van der Waals surface area contributed by atoms with Crippen LogP contribution in [0.25, 0.3) is 6.08 Å². The van der Waals surface area contributed by atoms with Gasteiger partial charge in [0, 0.05) is 12.0 Å². The smallest absolute Gasteiger partial charge is 0.363 e. The lowest BCUT2D eigenvalue weighted by molar-refractivity contribution is -0.130. The van der Waals surface area contributed by atoms with E-state index in [4.69, 9.17) is 9.47 Å². The Kier molecular flexibility index (Phi) is 5.46. The van der Waals surface area contributed by atoms with E-state index in [1.165, 1.54) is 12.1 Å². The van der Waals surface area contributed by atoms with Crippen LogP contribution in [0.2, 0.25) is 0 Å². The summed E-state index contributed by atoms with van der Waals surface area (Å²) in [5.74, 6) is 0.309. The summed E-state index contributed by atoms with van der Waals surface area (Å²) in [4.78, 5) is 16.4. The minimum absolute atomic E-state index is 0.255. The Morgan fingerprint density at radius 2 is 1.85 bits per heavy atom. The highest BCUT2D eigenvalue weighted by atomic mass is 19.1. The minimum Gasteiger partial charge on any atom is -0.496 e. The number of carbonyl (C=O) groups is 1. The number of cyclic esters (lactones) is 1. The van der Waals surface area contributed by atoms with Gasteiger partial charge in [0.1, 0.15) is 11.6 Å². The topological polar surface area (TPSA) is 47.9 Å². The number of benzene rings is 2. The number of ether oxygens (including phenoxy) is 2. The summed E-state index contributed by atoms with van der Waals surface area (Å²) in [5.41, 5.74) is 3.15. The van der Waals surface area contributed by atoms with Gasteiger partial charge in [-0.05, 0) is 54.3 Å². The Labute approximate surface area is 152 Å². The van der Waals surface area contributed by atoms with E-state index < -0.39 is 5.97 Å². The molecule has 0 aromatic heterocycles. The summed E-state index contributed by atoms with van der Waals surface area (Å²) in [5, 5.41) is 0. The number of nitrogens with zero attached hydrogens (tertiary/aromatic N) is 1. The van der Waals surface area contributed by atoms with Gasteiger partial charge in [0.2, 0.25) is 0 Å². The van der Waals surface area contributed by atoms with Gasteiger partial charge >= 0.3 is 5.97 Å². The Bertz CT molecular complexity index is 869. The van der Waals surface area contributed by atoms with Crippen molar-refractivity contribution in [2.75, 3.05) is 7.11 Å². The van der Waals surface area contributed by atoms with Gasteiger partial charge in [0.15, 0.2) is 11.6 Å². The Morgan fingerprint density at radius 1 is 1.12 bits per heavy atom. The maximum atomic E-state index is 12.9. The van der Waals surface area contributed by atoms with Gasteiger partial charge in [-0.1, -0.05) is 25.1 Å². The molecule has 0 spiro atoms. The van der Waals surface area contributed by atoms with Crippen molar-refractivity contribution in [3.05, 3.63) is 70.7 Å². The minimum atomic E-state index is -0.469. The summed E-state index contributed by atoms with van der Waals surface area (Å²) >= 11 is 0. The van der Waals surface area contributed by atoms with Crippen molar-refractivity contribution in [3.63, 3.8) is 0 Å². The highest BCUT2D eigenvalue weighted by Gasteiger charge is 2.23. The van der Waals surface area contributed by atoms with Crippen molar-refractivity contribution in [1.29, 1.82) is 0 Å². The van der Waals surface area contributed by atoms with Crippen LogP contribution in [0.3, 0.4) is 0 Å². The van der Waals surface area contributed by atoms with Crippen molar-refractivity contribution in [2.24, 2.45) is 4.99 Å². The second kappa shape index (κ2) is 7.95. The molecule has 0 saturated heterocycles. The first-order valence-corrected chi connectivity index (χ1v) is 8.52. The van der Waals surface area contributed by atoms with Crippen molar-refractivity contribution < 1.29 is 18.7 Å². The highest BCUT2D eigenvalue weighted by molar-refractivity contribution is 6.07. The molecule has 4 nitrogen and oxygen atoms in total. The van der Waals surface area contributed by atoms with E-state index in [-0.39, 0.29) is 11.5 Å². The lowest BCUT2D eigenvalue weighted by atomic mass is 10.1. The molecule has 0 atom stereocenters. The van der Waals surface area contributed by atoms with Crippen LogP contribution in [0.15, 0.2) is 53.2 Å². The molecule has 3 rings (SSSR count). The molecule has 134 valence electrons. The number of halogens is 1. The molecule has 0 fully saturated rings. The molecule has 0 saturated carbocycles. The van der Waals surface area contributed by atoms with E-state index in [0.29, 0.717) is 24.5 Å². The Hall–Kier alpha value is -2.95. The largest absolute Gasteiger partial charge is 0.496 e. The number of rotatable bonds is 6. The van der Waals surface area contributed by atoms with Crippen LogP contribution in [0, 0.1) is 5.82 Å². The maximum absolute atomic E-state index is 12.9. The molecule has 0 amide bonds. The second-order valence-corrected chi connectivity index (χ2v) is 5.98. The van der Waals surface area contributed by atoms with Crippen LogP contribution in [-0.2, 0) is 22.4 Å². The molecule has 1 aliphatic rings. The fourth-order valence-corrected chi connectivity index (χ4v) is 2.73. The first kappa shape index (κ1) is 17.9. The zero-order valence-electron chi connectivity index (χ0n) is 14.8. The predicted molar refractivity (Wildman–Crippen MR) is 98.6 cm³/mol. The first-order valence-electron chi connectivity index (χ1n) is 8.52. The fraction of sp³-hybridized carbons (Fsp3) is 0.238. The lowest BCUT2D eigenvalue weighted by Crippen LogP contribution is -2.05. The first-order chi connectivity index (χ1) is 12.6. The van der Waals surface area contributed by atoms with Crippen LogP contribution < -0.4 is 4.74 Å². The predicted octanol–water partition coefficient (Wildman–Crippen LogP) is 4.33. The van der Waals surface area contributed by atoms with Crippen molar-refractivity contribution in [2.45, 2.75) is 26.2 Å². The van der Waals surface area contributed by atoms with E-state index >= 15 is 0 Å². The van der Waals surface area contributed by atoms with Gasteiger partial charge < -0.3 is 9.47 Å². The van der Waals surface area contributed by atoms with Crippen LogP contribution in [0.5, 0.6) is 5.75 Å². The maximum Gasteiger partial charge on any atom is 0.363 e. The van der Waals surface area contributed by atoms with E-state index in [1.807, 2.05) is 18.2 Å². The molecule has 0 bridgehead atoms. The van der Waals surface area contributed by atoms with Gasteiger partial charge in [0.05, 0.1) is 7.11 Å². The number of esters is 1.